The molecule has 5 heteroatoms. The first-order chi connectivity index (χ1) is 17.5. The van der Waals surface area contributed by atoms with E-state index in [1.165, 1.54) is 0 Å². The molecule has 1 heterocycles. The van der Waals surface area contributed by atoms with E-state index in [0.717, 1.165) is 20.9 Å². The lowest BCUT2D eigenvalue weighted by molar-refractivity contribution is 0.469. The van der Waals surface area contributed by atoms with Gasteiger partial charge in [-0.1, -0.05) is 109 Å². The quantitative estimate of drug-likeness (QED) is 0.269. The van der Waals surface area contributed by atoms with Crippen molar-refractivity contribution in [2.24, 2.45) is 0 Å². The third-order valence-electron chi connectivity index (χ3n) is 5.62. The lowest BCUT2D eigenvalue weighted by atomic mass is 10.2. The van der Waals surface area contributed by atoms with Crippen LogP contribution < -0.4 is 19.3 Å². The second-order valence-electron chi connectivity index (χ2n) is 7.64. The molecule has 0 fully saturated rings. The normalized spacial score (nSPS) is 13.0. The number of para-hydroxylation sites is 1. The minimum absolute atomic E-state index is 0.0450. The van der Waals surface area contributed by atoms with Crippen molar-refractivity contribution in [2.75, 3.05) is 0 Å². The smallest absolute Gasteiger partial charge is 0.625 e. The van der Waals surface area contributed by atoms with Crippen LogP contribution in [-0.4, -0.2) is 29.2 Å². The first kappa shape index (κ1) is 18.3. The van der Waals surface area contributed by atoms with E-state index in [4.69, 9.17) is 11.4 Å². The van der Waals surface area contributed by atoms with Gasteiger partial charge in [0.2, 0.25) is 0 Å². The van der Waals surface area contributed by atoms with Crippen molar-refractivity contribution in [3.05, 3.63) is 127 Å². The maximum absolute atomic E-state index is 7.74. The lowest BCUT2D eigenvalue weighted by Crippen LogP contribution is -2.70. The predicted octanol–water partition coefficient (Wildman–Crippen LogP) is 4.14. The van der Waals surface area contributed by atoms with Crippen LogP contribution in [0.1, 0.15) is 9.81 Å². The Hall–Kier alpha value is -3.20. The standard InChI is InChI=1S/C18H15OSi.C10H9NO.Al/c19-20(16-10-4-1-5-11-16,17-12-6-2-7-13-17)18-14-8-3-9-15-18;1-7-5-6-8-3-2-4-9(12)10(8)11-7;/h1-15H;2-6,12H,1H3;/q-1;;+2/p-1/i;1D3;. The molecule has 0 aliphatic heterocycles. The molecular weight excluding hydrogens is 437 g/mol. The maximum atomic E-state index is 7.74. The zero-order valence-corrected chi connectivity index (χ0v) is 20.0. The highest BCUT2D eigenvalue weighted by molar-refractivity contribution is 7.08. The van der Waals surface area contributed by atoms with E-state index < -0.39 is 31.1 Å². The van der Waals surface area contributed by atoms with Gasteiger partial charge in [0.1, 0.15) is 11.3 Å². The minimum atomic E-state index is -2.88. The van der Waals surface area contributed by atoms with Crippen LogP contribution in [0.5, 0.6) is 5.75 Å². The van der Waals surface area contributed by atoms with E-state index in [0.29, 0.717) is 11.3 Å². The van der Waals surface area contributed by atoms with Crippen LogP contribution in [-0.2, 0) is 3.48 Å². The largest absolute Gasteiger partial charge is 0.763 e. The molecule has 0 N–H and O–H groups in total. The van der Waals surface area contributed by atoms with Crippen molar-refractivity contribution in [3.63, 3.8) is 0 Å². The van der Waals surface area contributed by atoms with Crippen molar-refractivity contribution in [2.45, 2.75) is 6.85 Å². The molecule has 0 saturated heterocycles. The predicted molar refractivity (Wildman–Crippen MR) is 138 cm³/mol. The first-order valence-electron chi connectivity index (χ1n) is 12.2. The monoisotopic (exact) mass is 463 g/mol. The zero-order chi connectivity index (χ0) is 25.0. The third kappa shape index (κ3) is 4.37. The molecule has 0 spiro atoms. The van der Waals surface area contributed by atoms with Crippen LogP contribution in [0.4, 0.5) is 0 Å². The molecule has 1 aromatic heterocycles. The Kier molecular flexibility index (Phi) is 5.39. The molecule has 4 aromatic carbocycles. The average molecular weight is 464 g/mol. The molecule has 0 bridgehead atoms. The molecule has 0 aliphatic carbocycles. The van der Waals surface area contributed by atoms with Crippen LogP contribution in [0.3, 0.4) is 0 Å². The van der Waals surface area contributed by atoms with E-state index >= 15 is 0 Å². The van der Waals surface area contributed by atoms with Gasteiger partial charge in [-0.2, -0.15) is 0 Å². The van der Waals surface area contributed by atoms with Crippen molar-refractivity contribution < 1.29 is 11.4 Å². The van der Waals surface area contributed by atoms with Gasteiger partial charge in [0.25, 0.3) is 8.32 Å². The second-order valence-corrected chi connectivity index (χ2v) is 12.1. The van der Waals surface area contributed by atoms with Gasteiger partial charge in [-0.25, -0.2) is 4.98 Å². The summed E-state index contributed by atoms with van der Waals surface area (Å²) in [6.07, 6.45) is 0. The van der Waals surface area contributed by atoms with Gasteiger partial charge in [-0.3, -0.25) is 0 Å². The molecule has 0 unspecified atom stereocenters. The number of aromatic nitrogens is 1. The molecule has 0 saturated carbocycles. The maximum Gasteiger partial charge on any atom is 0.763 e. The summed E-state index contributed by atoms with van der Waals surface area (Å²) in [4.78, 5) is 4.42. The highest BCUT2D eigenvalue weighted by Crippen LogP contribution is 2.24. The average Bonchev–Trinajstić information content (AvgIpc) is 2.92. The van der Waals surface area contributed by atoms with E-state index in [1.54, 1.807) is 12.1 Å². The first-order valence-corrected chi connectivity index (χ1v) is 13.6. The van der Waals surface area contributed by atoms with Crippen molar-refractivity contribution in [1.29, 1.82) is 0 Å². The van der Waals surface area contributed by atoms with E-state index in [-0.39, 0.29) is 5.69 Å². The fourth-order valence-corrected chi connectivity index (χ4v) is 9.77. The molecule has 0 aliphatic rings. The van der Waals surface area contributed by atoms with Gasteiger partial charge >= 0.3 is 15.9 Å². The SMILES string of the molecule is [2H]C([2H])([2H])c1ccc2cccc([O][Al][O][Si](c3ccccc3)(c3ccccc3)c3ccccc3)c2n1. The van der Waals surface area contributed by atoms with Crippen molar-refractivity contribution in [3.8, 4) is 5.75 Å². The molecular formula is C28H23AlNO2Si. The number of hydrogen-bond acceptors (Lipinski definition) is 3. The summed E-state index contributed by atoms with van der Waals surface area (Å²) in [5.41, 5.74) is 0.567. The van der Waals surface area contributed by atoms with Crippen molar-refractivity contribution in [1.82, 2.24) is 4.98 Å². The number of aryl methyl sites for hydroxylation is 1. The van der Waals surface area contributed by atoms with E-state index in [9.17, 15) is 0 Å². The molecule has 33 heavy (non-hydrogen) atoms. The Morgan fingerprint density at radius 3 is 1.79 bits per heavy atom. The molecule has 0 atom stereocenters. The fourth-order valence-electron chi connectivity index (χ4n) is 4.09. The summed E-state index contributed by atoms with van der Waals surface area (Å²) in [7, 11) is -2.88. The molecule has 5 aromatic rings. The Labute approximate surface area is 206 Å². The summed E-state index contributed by atoms with van der Waals surface area (Å²) in [6.45, 7) is -2.29. The summed E-state index contributed by atoms with van der Waals surface area (Å²) in [5, 5.41) is 4.19. The van der Waals surface area contributed by atoms with Gasteiger partial charge in [-0.05, 0) is 34.5 Å². The number of hydrogen-bond donors (Lipinski definition) is 0. The molecule has 1 radical (unpaired) electrons. The highest BCUT2D eigenvalue weighted by atomic mass is 28.4. The highest BCUT2D eigenvalue weighted by Gasteiger charge is 2.42. The number of fused-ring (bicyclic) bond motifs is 1. The summed E-state index contributed by atoms with van der Waals surface area (Å²) in [5.74, 6) is 0.519. The minimum Gasteiger partial charge on any atom is -0.625 e. The topological polar surface area (TPSA) is 31.4 Å². The molecule has 5 rings (SSSR count). The van der Waals surface area contributed by atoms with Gasteiger partial charge in [-0.15, -0.1) is 0 Å². The van der Waals surface area contributed by atoms with Crippen LogP contribution in [0.15, 0.2) is 121 Å². The second kappa shape index (κ2) is 9.74. The van der Waals surface area contributed by atoms with Gasteiger partial charge in [0.15, 0.2) is 0 Å². The van der Waals surface area contributed by atoms with Gasteiger partial charge < -0.3 is 7.27 Å². The fraction of sp³-hybridized carbons (Fsp3) is 0.0357. The lowest BCUT2D eigenvalue weighted by Gasteiger charge is -2.34. The summed E-state index contributed by atoms with van der Waals surface area (Å²) < 4.78 is 36.4. The van der Waals surface area contributed by atoms with Crippen LogP contribution >= 0.6 is 0 Å². The number of nitrogens with zero attached hydrogens (tertiary/aromatic N) is 1. The zero-order valence-electron chi connectivity index (χ0n) is 20.9. The van der Waals surface area contributed by atoms with E-state index in [1.807, 2.05) is 72.8 Å². The van der Waals surface area contributed by atoms with Crippen LogP contribution in [0, 0.1) is 6.85 Å². The third-order valence-corrected chi connectivity index (χ3v) is 11.2. The molecule has 159 valence electrons. The number of pyridine rings is 1. The number of rotatable bonds is 7. The van der Waals surface area contributed by atoms with E-state index in [2.05, 4.69) is 41.4 Å². The molecule has 0 amide bonds. The van der Waals surface area contributed by atoms with Crippen molar-refractivity contribution >= 4 is 50.7 Å². The Balaban J connectivity index is 1.55. The Morgan fingerprint density at radius 1 is 0.667 bits per heavy atom. The van der Waals surface area contributed by atoms with Crippen LogP contribution in [0.25, 0.3) is 10.9 Å². The number of benzene rings is 4. The van der Waals surface area contributed by atoms with Crippen LogP contribution in [0.2, 0.25) is 0 Å². The Bertz CT molecular complexity index is 1360. The van der Waals surface area contributed by atoms with Gasteiger partial charge in [0.05, 0.1) is 0 Å². The summed E-state index contributed by atoms with van der Waals surface area (Å²) >= 11 is -0.955. The summed E-state index contributed by atoms with van der Waals surface area (Å²) in [6, 6.07) is 39.8. The Morgan fingerprint density at radius 2 is 1.24 bits per heavy atom. The molecule has 3 nitrogen and oxygen atoms in total. The van der Waals surface area contributed by atoms with Gasteiger partial charge in [0, 0.05) is 15.2 Å².